The Morgan fingerprint density at radius 3 is 2.67 bits per heavy atom. The molecule has 0 aromatic heterocycles. The molecule has 0 saturated heterocycles. The third kappa shape index (κ3) is 1.18. The van der Waals surface area contributed by atoms with Crippen molar-refractivity contribution in [3.63, 3.8) is 0 Å². The smallest absolute Gasteiger partial charge is 0.122 e. The Labute approximate surface area is 71.8 Å². The molecule has 0 amide bonds. The number of aliphatic hydroxyl groups excluding tert-OH is 1. The van der Waals surface area contributed by atoms with Gasteiger partial charge in [0.25, 0.3) is 0 Å². The van der Waals surface area contributed by atoms with Gasteiger partial charge in [-0.1, -0.05) is 18.2 Å². The molecule has 2 heteroatoms. The lowest BCUT2D eigenvalue weighted by atomic mass is 10.1. The number of methoxy groups -OCH3 is 1. The van der Waals surface area contributed by atoms with E-state index in [0.29, 0.717) is 5.92 Å². The Bertz CT molecular complexity index is 283. The fourth-order valence-corrected chi connectivity index (χ4v) is 1.49. The SMILES string of the molecule is COc1ccccc1[C@H]1C[C@@H]1O. The minimum atomic E-state index is -0.152. The highest BCUT2D eigenvalue weighted by Crippen LogP contribution is 2.44. The van der Waals surface area contributed by atoms with E-state index in [2.05, 4.69) is 0 Å². The van der Waals surface area contributed by atoms with Gasteiger partial charge >= 0.3 is 0 Å². The third-order valence-corrected chi connectivity index (χ3v) is 2.30. The molecular weight excluding hydrogens is 152 g/mol. The van der Waals surface area contributed by atoms with Crippen LogP contribution >= 0.6 is 0 Å². The molecule has 0 aliphatic heterocycles. The molecule has 2 nitrogen and oxygen atoms in total. The maximum Gasteiger partial charge on any atom is 0.122 e. The van der Waals surface area contributed by atoms with E-state index in [0.717, 1.165) is 17.7 Å². The van der Waals surface area contributed by atoms with Crippen molar-refractivity contribution in [1.29, 1.82) is 0 Å². The van der Waals surface area contributed by atoms with Crippen LogP contribution in [0.5, 0.6) is 5.75 Å². The molecule has 2 rings (SSSR count). The van der Waals surface area contributed by atoms with Crippen LogP contribution in [0.4, 0.5) is 0 Å². The fourth-order valence-electron chi connectivity index (χ4n) is 1.49. The summed E-state index contributed by atoms with van der Waals surface area (Å²) in [7, 11) is 1.66. The molecule has 0 radical (unpaired) electrons. The monoisotopic (exact) mass is 164 g/mol. The van der Waals surface area contributed by atoms with Gasteiger partial charge in [0, 0.05) is 5.92 Å². The molecule has 0 bridgehead atoms. The minimum absolute atomic E-state index is 0.152. The van der Waals surface area contributed by atoms with Gasteiger partial charge in [0.1, 0.15) is 5.75 Å². The van der Waals surface area contributed by atoms with E-state index in [4.69, 9.17) is 4.74 Å². The van der Waals surface area contributed by atoms with Crippen molar-refractivity contribution in [2.75, 3.05) is 7.11 Å². The molecule has 1 fully saturated rings. The van der Waals surface area contributed by atoms with Crippen LogP contribution in [0.1, 0.15) is 17.9 Å². The van der Waals surface area contributed by atoms with Crippen molar-refractivity contribution in [3.8, 4) is 5.75 Å². The average Bonchev–Trinajstić information content (AvgIpc) is 2.83. The van der Waals surface area contributed by atoms with Crippen molar-refractivity contribution < 1.29 is 9.84 Å². The van der Waals surface area contributed by atoms with E-state index in [1.54, 1.807) is 7.11 Å². The zero-order valence-corrected chi connectivity index (χ0v) is 7.03. The maximum atomic E-state index is 9.24. The lowest BCUT2D eigenvalue weighted by Gasteiger charge is -2.05. The minimum Gasteiger partial charge on any atom is -0.496 e. The molecule has 64 valence electrons. The highest BCUT2D eigenvalue weighted by Gasteiger charge is 2.38. The van der Waals surface area contributed by atoms with Gasteiger partial charge in [-0.3, -0.25) is 0 Å². The van der Waals surface area contributed by atoms with Crippen LogP contribution < -0.4 is 4.74 Å². The van der Waals surface area contributed by atoms with E-state index in [1.165, 1.54) is 0 Å². The molecule has 0 heterocycles. The lowest BCUT2D eigenvalue weighted by molar-refractivity contribution is 0.270. The predicted octanol–water partition coefficient (Wildman–Crippen LogP) is 1.54. The molecule has 1 aliphatic carbocycles. The van der Waals surface area contributed by atoms with E-state index in [-0.39, 0.29) is 6.10 Å². The second kappa shape index (κ2) is 2.79. The first-order valence-electron chi connectivity index (χ1n) is 4.14. The first-order chi connectivity index (χ1) is 5.83. The molecule has 1 saturated carbocycles. The summed E-state index contributed by atoms with van der Waals surface area (Å²) in [6, 6.07) is 7.86. The summed E-state index contributed by atoms with van der Waals surface area (Å²) in [6.45, 7) is 0. The van der Waals surface area contributed by atoms with E-state index < -0.39 is 0 Å². The largest absolute Gasteiger partial charge is 0.496 e. The summed E-state index contributed by atoms with van der Waals surface area (Å²) in [4.78, 5) is 0. The number of rotatable bonds is 2. The van der Waals surface area contributed by atoms with Crippen molar-refractivity contribution in [2.45, 2.75) is 18.4 Å². The van der Waals surface area contributed by atoms with Crippen LogP contribution in [0.3, 0.4) is 0 Å². The van der Waals surface area contributed by atoms with Gasteiger partial charge < -0.3 is 9.84 Å². The second-order valence-electron chi connectivity index (χ2n) is 3.15. The number of hydrogen-bond donors (Lipinski definition) is 1. The van der Waals surface area contributed by atoms with E-state index in [9.17, 15) is 5.11 Å². The van der Waals surface area contributed by atoms with Crippen molar-refractivity contribution in [1.82, 2.24) is 0 Å². The predicted molar refractivity (Wildman–Crippen MR) is 46.4 cm³/mol. The van der Waals surface area contributed by atoms with Crippen molar-refractivity contribution >= 4 is 0 Å². The van der Waals surface area contributed by atoms with Gasteiger partial charge in [-0.25, -0.2) is 0 Å². The summed E-state index contributed by atoms with van der Waals surface area (Å²) in [6.07, 6.45) is 0.724. The molecule has 1 aromatic carbocycles. The highest BCUT2D eigenvalue weighted by molar-refractivity contribution is 5.39. The summed E-state index contributed by atoms with van der Waals surface area (Å²) >= 11 is 0. The second-order valence-corrected chi connectivity index (χ2v) is 3.15. The van der Waals surface area contributed by atoms with Gasteiger partial charge in [-0.15, -0.1) is 0 Å². The van der Waals surface area contributed by atoms with Crippen LogP contribution in [0.2, 0.25) is 0 Å². The molecule has 12 heavy (non-hydrogen) atoms. The quantitative estimate of drug-likeness (QED) is 0.718. The molecule has 0 unspecified atom stereocenters. The normalized spacial score (nSPS) is 26.8. The molecule has 1 N–H and O–H groups in total. The number of para-hydroxylation sites is 1. The average molecular weight is 164 g/mol. The van der Waals surface area contributed by atoms with Gasteiger partial charge in [0.2, 0.25) is 0 Å². The Morgan fingerprint density at radius 1 is 1.42 bits per heavy atom. The summed E-state index contributed by atoms with van der Waals surface area (Å²) in [5, 5.41) is 9.24. The van der Waals surface area contributed by atoms with Gasteiger partial charge in [0.05, 0.1) is 13.2 Å². The zero-order chi connectivity index (χ0) is 8.55. The van der Waals surface area contributed by atoms with Crippen molar-refractivity contribution in [2.24, 2.45) is 0 Å². The molecule has 2 atom stereocenters. The lowest BCUT2D eigenvalue weighted by Crippen LogP contribution is -1.91. The Kier molecular flexibility index (Phi) is 1.77. The van der Waals surface area contributed by atoms with Gasteiger partial charge in [-0.05, 0) is 18.1 Å². The first kappa shape index (κ1) is 7.62. The molecule has 1 aromatic rings. The topological polar surface area (TPSA) is 29.5 Å². The highest BCUT2D eigenvalue weighted by atomic mass is 16.5. The zero-order valence-electron chi connectivity index (χ0n) is 7.03. The van der Waals surface area contributed by atoms with Crippen LogP contribution in [0, 0.1) is 0 Å². The Hall–Kier alpha value is -1.02. The molecule has 0 spiro atoms. The summed E-state index contributed by atoms with van der Waals surface area (Å²) in [5.41, 5.74) is 1.13. The Balaban J connectivity index is 2.29. The fraction of sp³-hybridized carbons (Fsp3) is 0.400. The van der Waals surface area contributed by atoms with Crippen molar-refractivity contribution in [3.05, 3.63) is 29.8 Å². The molecular formula is C10H12O2. The maximum absolute atomic E-state index is 9.24. The van der Waals surface area contributed by atoms with E-state index >= 15 is 0 Å². The number of benzene rings is 1. The van der Waals surface area contributed by atoms with Gasteiger partial charge in [-0.2, -0.15) is 0 Å². The van der Waals surface area contributed by atoms with Crippen LogP contribution in [-0.2, 0) is 0 Å². The number of aliphatic hydroxyl groups is 1. The summed E-state index contributed by atoms with van der Waals surface area (Å²) < 4.78 is 5.18. The first-order valence-corrected chi connectivity index (χ1v) is 4.14. The third-order valence-electron chi connectivity index (χ3n) is 2.30. The van der Waals surface area contributed by atoms with E-state index in [1.807, 2.05) is 24.3 Å². The summed E-state index contributed by atoms with van der Waals surface area (Å²) in [5.74, 6) is 1.19. The standard InChI is InChI=1S/C10H12O2/c1-12-10-5-3-2-4-7(10)8-6-9(8)11/h2-5,8-9,11H,6H2,1H3/t8-,9+/m1/s1. The van der Waals surface area contributed by atoms with Crippen LogP contribution in [-0.4, -0.2) is 18.3 Å². The van der Waals surface area contributed by atoms with Crippen LogP contribution in [0.25, 0.3) is 0 Å². The number of hydrogen-bond acceptors (Lipinski definition) is 2. The Morgan fingerprint density at radius 2 is 2.08 bits per heavy atom. The number of ether oxygens (including phenoxy) is 1. The van der Waals surface area contributed by atoms with Crippen LogP contribution in [0.15, 0.2) is 24.3 Å². The molecule has 1 aliphatic rings. The van der Waals surface area contributed by atoms with Gasteiger partial charge in [0.15, 0.2) is 0 Å².